The van der Waals surface area contributed by atoms with Gasteiger partial charge in [0.05, 0.1) is 0 Å². The number of hydrogen-bond acceptors (Lipinski definition) is 1. The van der Waals surface area contributed by atoms with Gasteiger partial charge in [-0.05, 0) is 50.8 Å². The van der Waals surface area contributed by atoms with Crippen molar-refractivity contribution in [1.82, 2.24) is 5.32 Å². The fourth-order valence-electron chi connectivity index (χ4n) is 3.00. The Kier molecular flexibility index (Phi) is 4.12. The number of benzene rings is 2. The lowest BCUT2D eigenvalue weighted by Crippen LogP contribution is -2.35. The van der Waals surface area contributed by atoms with E-state index in [9.17, 15) is 4.79 Å². The highest BCUT2D eigenvalue weighted by atomic mass is 16.2. The van der Waals surface area contributed by atoms with E-state index < -0.39 is 0 Å². The van der Waals surface area contributed by atoms with Crippen LogP contribution in [0.4, 0.5) is 10.5 Å². The summed E-state index contributed by atoms with van der Waals surface area (Å²) in [6.07, 6.45) is 2.28. The Morgan fingerprint density at radius 1 is 1.00 bits per heavy atom. The van der Waals surface area contributed by atoms with Crippen LogP contribution in [0.3, 0.4) is 0 Å². The molecule has 0 saturated heterocycles. The molecule has 0 atom stereocenters. The molecule has 2 aromatic rings. The fraction of sp³-hybridized carbons (Fsp3) is 0.350. The number of aryl methyl sites for hydroxylation is 3. The van der Waals surface area contributed by atoms with Crippen LogP contribution in [0.1, 0.15) is 35.1 Å². The predicted molar refractivity (Wildman–Crippen MR) is 95.0 cm³/mol. The van der Waals surface area contributed by atoms with Crippen molar-refractivity contribution in [2.75, 3.05) is 11.9 Å². The lowest BCUT2D eigenvalue weighted by Gasteiger charge is -2.18. The molecule has 1 saturated carbocycles. The second-order valence-corrected chi connectivity index (χ2v) is 6.77. The molecule has 23 heavy (non-hydrogen) atoms. The van der Waals surface area contributed by atoms with Crippen molar-refractivity contribution in [3.63, 3.8) is 0 Å². The van der Waals surface area contributed by atoms with E-state index in [2.05, 4.69) is 54.8 Å². The number of hydrogen-bond donors (Lipinski definition) is 2. The summed E-state index contributed by atoms with van der Waals surface area (Å²) in [5, 5.41) is 5.99. The monoisotopic (exact) mass is 308 g/mol. The molecular formula is C20H24N2O. The zero-order valence-corrected chi connectivity index (χ0v) is 14.1. The summed E-state index contributed by atoms with van der Waals surface area (Å²) < 4.78 is 0. The van der Waals surface area contributed by atoms with E-state index in [1.165, 1.54) is 16.7 Å². The van der Waals surface area contributed by atoms with E-state index in [1.807, 2.05) is 19.1 Å². The van der Waals surface area contributed by atoms with Gasteiger partial charge in [0.15, 0.2) is 0 Å². The van der Waals surface area contributed by atoms with Crippen LogP contribution < -0.4 is 10.6 Å². The van der Waals surface area contributed by atoms with E-state index in [1.54, 1.807) is 0 Å². The number of amides is 2. The van der Waals surface area contributed by atoms with Crippen molar-refractivity contribution in [1.29, 1.82) is 0 Å². The van der Waals surface area contributed by atoms with Crippen LogP contribution in [-0.4, -0.2) is 12.6 Å². The average molecular weight is 308 g/mol. The van der Waals surface area contributed by atoms with Crippen LogP contribution in [0.25, 0.3) is 0 Å². The molecule has 2 amide bonds. The molecule has 3 heteroatoms. The summed E-state index contributed by atoms with van der Waals surface area (Å²) in [5.41, 5.74) is 5.88. The molecule has 0 aliphatic heterocycles. The van der Waals surface area contributed by atoms with Crippen molar-refractivity contribution in [3.8, 4) is 0 Å². The summed E-state index contributed by atoms with van der Waals surface area (Å²) in [5.74, 6) is 0. The third kappa shape index (κ3) is 3.55. The first kappa shape index (κ1) is 15.6. The van der Waals surface area contributed by atoms with E-state index in [4.69, 9.17) is 0 Å². The molecule has 0 aromatic heterocycles. The summed E-state index contributed by atoms with van der Waals surface area (Å²) in [6.45, 7) is 6.85. The molecule has 0 radical (unpaired) electrons. The lowest BCUT2D eigenvalue weighted by molar-refractivity contribution is 0.251. The minimum absolute atomic E-state index is 0.129. The van der Waals surface area contributed by atoms with Gasteiger partial charge in [-0.2, -0.15) is 0 Å². The van der Waals surface area contributed by atoms with Crippen molar-refractivity contribution in [3.05, 3.63) is 64.7 Å². The van der Waals surface area contributed by atoms with E-state index in [-0.39, 0.29) is 11.4 Å². The van der Waals surface area contributed by atoms with E-state index >= 15 is 0 Å². The van der Waals surface area contributed by atoms with Gasteiger partial charge in [0.2, 0.25) is 0 Å². The Morgan fingerprint density at radius 3 is 2.26 bits per heavy atom. The summed E-state index contributed by atoms with van der Waals surface area (Å²) in [6, 6.07) is 14.6. The maximum atomic E-state index is 12.2. The molecule has 3 rings (SSSR count). The van der Waals surface area contributed by atoms with Crippen molar-refractivity contribution >= 4 is 11.7 Å². The highest BCUT2D eigenvalue weighted by molar-refractivity contribution is 5.90. The van der Waals surface area contributed by atoms with Gasteiger partial charge in [0.1, 0.15) is 0 Å². The zero-order chi connectivity index (χ0) is 16.4. The maximum Gasteiger partial charge on any atom is 0.319 e. The second kappa shape index (κ2) is 6.07. The van der Waals surface area contributed by atoms with Gasteiger partial charge in [0, 0.05) is 17.6 Å². The molecule has 3 nitrogen and oxygen atoms in total. The Hall–Kier alpha value is -2.29. The van der Waals surface area contributed by atoms with Crippen molar-refractivity contribution in [2.24, 2.45) is 0 Å². The number of nitrogens with one attached hydrogen (secondary N) is 2. The van der Waals surface area contributed by atoms with Crippen LogP contribution in [-0.2, 0) is 5.41 Å². The number of carbonyl (C=O) groups excluding carboxylic acids is 1. The van der Waals surface area contributed by atoms with Gasteiger partial charge in [0.25, 0.3) is 0 Å². The topological polar surface area (TPSA) is 41.1 Å². The molecule has 0 heterocycles. The van der Waals surface area contributed by atoms with Gasteiger partial charge in [-0.1, -0.05) is 47.5 Å². The number of rotatable bonds is 4. The minimum atomic E-state index is -0.129. The lowest BCUT2D eigenvalue weighted by atomic mass is 9.95. The van der Waals surface area contributed by atoms with Crippen LogP contribution >= 0.6 is 0 Å². The highest BCUT2D eigenvalue weighted by Gasteiger charge is 2.44. The standard InChI is InChI=1S/C20H24N2O/c1-14-4-7-17(8-5-14)20(10-11-20)13-21-19(23)22-18-9-6-15(2)12-16(18)3/h4-9,12H,10-11,13H2,1-3H3,(H2,21,22,23). The largest absolute Gasteiger partial charge is 0.337 e. The van der Waals surface area contributed by atoms with Gasteiger partial charge in [-0.3, -0.25) is 0 Å². The first-order valence-electron chi connectivity index (χ1n) is 8.18. The molecule has 1 aliphatic carbocycles. The molecule has 2 aromatic carbocycles. The second-order valence-electron chi connectivity index (χ2n) is 6.77. The third-order valence-electron chi connectivity index (χ3n) is 4.73. The number of anilines is 1. The first-order valence-corrected chi connectivity index (χ1v) is 8.18. The third-order valence-corrected chi connectivity index (χ3v) is 4.73. The Bertz CT molecular complexity index is 715. The van der Waals surface area contributed by atoms with Crippen LogP contribution in [0.15, 0.2) is 42.5 Å². The quantitative estimate of drug-likeness (QED) is 0.860. The van der Waals surface area contributed by atoms with Gasteiger partial charge < -0.3 is 10.6 Å². The highest BCUT2D eigenvalue weighted by Crippen LogP contribution is 2.47. The number of carbonyl (C=O) groups is 1. The summed E-state index contributed by atoms with van der Waals surface area (Å²) in [7, 11) is 0. The fourth-order valence-corrected chi connectivity index (χ4v) is 3.00. The average Bonchev–Trinajstić information content (AvgIpc) is 3.30. The van der Waals surface area contributed by atoms with Crippen molar-refractivity contribution in [2.45, 2.75) is 39.0 Å². The molecule has 0 unspecified atom stereocenters. The van der Waals surface area contributed by atoms with Crippen molar-refractivity contribution < 1.29 is 4.79 Å². The normalized spacial score (nSPS) is 15.1. The Balaban J connectivity index is 1.59. The van der Waals surface area contributed by atoms with Gasteiger partial charge in [-0.15, -0.1) is 0 Å². The molecule has 1 aliphatic rings. The smallest absolute Gasteiger partial charge is 0.319 e. The Labute approximate surface area is 138 Å². The van der Waals surface area contributed by atoms with Crippen LogP contribution in [0.2, 0.25) is 0 Å². The predicted octanol–water partition coefficient (Wildman–Crippen LogP) is 4.47. The number of urea groups is 1. The van der Waals surface area contributed by atoms with E-state index in [0.29, 0.717) is 6.54 Å². The molecule has 2 N–H and O–H groups in total. The van der Waals surface area contributed by atoms with Gasteiger partial charge in [-0.25, -0.2) is 4.79 Å². The van der Waals surface area contributed by atoms with E-state index in [0.717, 1.165) is 24.1 Å². The molecule has 1 fully saturated rings. The molecular weight excluding hydrogens is 284 g/mol. The summed E-state index contributed by atoms with van der Waals surface area (Å²) in [4.78, 5) is 12.2. The molecule has 0 bridgehead atoms. The van der Waals surface area contributed by atoms with Gasteiger partial charge >= 0.3 is 6.03 Å². The van der Waals surface area contributed by atoms with Crippen LogP contribution in [0.5, 0.6) is 0 Å². The zero-order valence-electron chi connectivity index (χ0n) is 14.1. The van der Waals surface area contributed by atoms with Crippen LogP contribution in [0, 0.1) is 20.8 Å². The molecule has 120 valence electrons. The first-order chi connectivity index (χ1) is 11.0. The minimum Gasteiger partial charge on any atom is -0.337 e. The Morgan fingerprint density at radius 2 is 1.65 bits per heavy atom. The SMILES string of the molecule is Cc1ccc(C2(CNC(=O)Nc3ccc(C)cc3C)CC2)cc1. The maximum absolute atomic E-state index is 12.2. The summed E-state index contributed by atoms with van der Waals surface area (Å²) >= 11 is 0. The molecule has 0 spiro atoms.